The van der Waals surface area contributed by atoms with Crippen LogP contribution in [0.5, 0.6) is 0 Å². The molecular formula is C13H24N2O4S. The van der Waals surface area contributed by atoms with E-state index < -0.39 is 18.0 Å². The Kier molecular flexibility index (Phi) is 7.15. The third-order valence-electron chi connectivity index (χ3n) is 3.59. The van der Waals surface area contributed by atoms with Crippen molar-refractivity contribution in [2.24, 2.45) is 5.41 Å². The van der Waals surface area contributed by atoms with Gasteiger partial charge in [-0.15, -0.1) is 0 Å². The number of carbonyl (C=O) groups excluding carboxylic acids is 1. The van der Waals surface area contributed by atoms with E-state index in [1.165, 1.54) is 0 Å². The first-order chi connectivity index (χ1) is 9.47. The number of amides is 2. The van der Waals surface area contributed by atoms with Gasteiger partial charge in [0.1, 0.15) is 6.04 Å². The molecule has 1 heterocycles. The van der Waals surface area contributed by atoms with Gasteiger partial charge < -0.3 is 20.5 Å². The minimum Gasteiger partial charge on any atom is -0.480 e. The van der Waals surface area contributed by atoms with Crippen LogP contribution < -0.4 is 10.6 Å². The molecule has 1 atom stereocenters. The van der Waals surface area contributed by atoms with Crippen molar-refractivity contribution in [3.63, 3.8) is 0 Å². The molecular weight excluding hydrogens is 280 g/mol. The fourth-order valence-electron chi connectivity index (χ4n) is 2.04. The predicted molar refractivity (Wildman–Crippen MR) is 79.1 cm³/mol. The van der Waals surface area contributed by atoms with Gasteiger partial charge in [0.05, 0.1) is 0 Å². The van der Waals surface area contributed by atoms with E-state index in [0.717, 1.165) is 12.8 Å². The lowest BCUT2D eigenvalue weighted by Gasteiger charge is -2.33. The van der Waals surface area contributed by atoms with E-state index in [9.17, 15) is 9.59 Å². The average Bonchev–Trinajstić information content (AvgIpc) is 2.42. The summed E-state index contributed by atoms with van der Waals surface area (Å²) in [6.07, 6.45) is 4.14. The van der Waals surface area contributed by atoms with Gasteiger partial charge in [-0.05, 0) is 36.7 Å². The Hall–Kier alpha value is -0.950. The van der Waals surface area contributed by atoms with E-state index in [4.69, 9.17) is 9.84 Å². The monoisotopic (exact) mass is 304 g/mol. The molecule has 1 fully saturated rings. The fraction of sp³-hybridized carbons (Fsp3) is 0.846. The summed E-state index contributed by atoms with van der Waals surface area (Å²) in [7, 11) is 0. The molecule has 7 heteroatoms. The first kappa shape index (κ1) is 17.1. The highest BCUT2D eigenvalue weighted by atomic mass is 32.2. The maximum Gasteiger partial charge on any atom is 0.326 e. The lowest BCUT2D eigenvalue weighted by molar-refractivity contribution is -0.139. The van der Waals surface area contributed by atoms with Crippen LogP contribution in [-0.4, -0.2) is 54.9 Å². The molecule has 0 radical (unpaired) electrons. The number of ether oxygens (including phenoxy) is 1. The number of carbonyl (C=O) groups is 2. The van der Waals surface area contributed by atoms with Crippen LogP contribution in [0.1, 0.15) is 26.2 Å². The highest BCUT2D eigenvalue weighted by Gasteiger charge is 2.28. The van der Waals surface area contributed by atoms with Crippen LogP contribution in [0, 0.1) is 5.41 Å². The topological polar surface area (TPSA) is 87.7 Å². The zero-order valence-corrected chi connectivity index (χ0v) is 12.9. The van der Waals surface area contributed by atoms with Crippen molar-refractivity contribution in [2.75, 3.05) is 31.8 Å². The largest absolute Gasteiger partial charge is 0.480 e. The molecule has 0 saturated carbocycles. The van der Waals surface area contributed by atoms with Gasteiger partial charge in [-0.2, -0.15) is 11.8 Å². The maximum atomic E-state index is 11.8. The standard InChI is InChI=1S/C13H24N2O4S/c1-13(4-6-19-7-5-13)9-14-12(18)15-10(11(16)17)3-8-20-2/h10H,3-9H2,1-2H3,(H,16,17)(H2,14,15,18)/t10-/m0/s1. The number of carboxylic acids is 1. The summed E-state index contributed by atoms with van der Waals surface area (Å²) in [6, 6.07) is -1.24. The van der Waals surface area contributed by atoms with E-state index in [1.807, 2.05) is 6.26 Å². The van der Waals surface area contributed by atoms with Crippen LogP contribution in [0.3, 0.4) is 0 Å². The highest BCUT2D eigenvalue weighted by molar-refractivity contribution is 7.98. The van der Waals surface area contributed by atoms with Crippen LogP contribution in [-0.2, 0) is 9.53 Å². The highest BCUT2D eigenvalue weighted by Crippen LogP contribution is 2.28. The summed E-state index contributed by atoms with van der Waals surface area (Å²) in [5.41, 5.74) is 0.0353. The number of nitrogens with one attached hydrogen (secondary N) is 2. The fourth-order valence-corrected chi connectivity index (χ4v) is 2.51. The van der Waals surface area contributed by atoms with E-state index in [0.29, 0.717) is 31.9 Å². The van der Waals surface area contributed by atoms with Crippen LogP contribution >= 0.6 is 11.8 Å². The molecule has 0 bridgehead atoms. The Bertz CT molecular complexity index is 332. The number of rotatable bonds is 7. The Balaban J connectivity index is 2.35. The maximum absolute atomic E-state index is 11.8. The summed E-state index contributed by atoms with van der Waals surface area (Å²) >= 11 is 1.56. The van der Waals surface area contributed by atoms with Gasteiger partial charge in [-0.25, -0.2) is 9.59 Å². The smallest absolute Gasteiger partial charge is 0.326 e. The molecule has 1 rings (SSSR count). The van der Waals surface area contributed by atoms with Crippen molar-refractivity contribution in [2.45, 2.75) is 32.2 Å². The minimum absolute atomic E-state index is 0.0353. The molecule has 1 saturated heterocycles. The van der Waals surface area contributed by atoms with Crippen molar-refractivity contribution >= 4 is 23.8 Å². The second-order valence-electron chi connectivity index (χ2n) is 5.42. The van der Waals surface area contributed by atoms with Gasteiger partial charge in [0.2, 0.25) is 0 Å². The van der Waals surface area contributed by atoms with Crippen molar-refractivity contribution in [1.82, 2.24) is 10.6 Å². The molecule has 1 aliphatic heterocycles. The van der Waals surface area contributed by atoms with Gasteiger partial charge in [0, 0.05) is 19.8 Å². The van der Waals surface area contributed by atoms with Crippen molar-refractivity contribution < 1.29 is 19.4 Å². The third-order valence-corrected chi connectivity index (χ3v) is 4.23. The Morgan fingerprint density at radius 2 is 2.05 bits per heavy atom. The number of aliphatic carboxylic acids is 1. The van der Waals surface area contributed by atoms with Crippen molar-refractivity contribution in [1.29, 1.82) is 0 Å². The molecule has 0 spiro atoms. The first-order valence-corrected chi connectivity index (χ1v) is 8.20. The molecule has 0 aromatic heterocycles. The number of urea groups is 1. The zero-order chi connectivity index (χ0) is 15.0. The number of hydrogen-bond acceptors (Lipinski definition) is 4. The SMILES string of the molecule is CSCC[C@H](NC(=O)NCC1(C)CCOCC1)C(=O)O. The summed E-state index contributed by atoms with van der Waals surface area (Å²) < 4.78 is 5.30. The molecule has 1 aliphatic rings. The molecule has 3 N–H and O–H groups in total. The van der Waals surface area contributed by atoms with Gasteiger partial charge >= 0.3 is 12.0 Å². The minimum atomic E-state index is -0.994. The Morgan fingerprint density at radius 1 is 1.40 bits per heavy atom. The lowest BCUT2D eigenvalue weighted by atomic mass is 9.82. The summed E-state index contributed by atoms with van der Waals surface area (Å²) in [5.74, 6) is -0.293. The summed E-state index contributed by atoms with van der Waals surface area (Å²) in [5, 5.41) is 14.3. The lowest BCUT2D eigenvalue weighted by Crippen LogP contribution is -2.49. The second kappa shape index (κ2) is 8.36. The van der Waals surface area contributed by atoms with E-state index in [2.05, 4.69) is 17.6 Å². The molecule has 0 aliphatic carbocycles. The molecule has 6 nitrogen and oxygen atoms in total. The molecule has 116 valence electrons. The average molecular weight is 304 g/mol. The van der Waals surface area contributed by atoms with E-state index >= 15 is 0 Å². The zero-order valence-electron chi connectivity index (χ0n) is 12.1. The van der Waals surface area contributed by atoms with Gasteiger partial charge in [-0.3, -0.25) is 0 Å². The molecule has 0 unspecified atom stereocenters. The van der Waals surface area contributed by atoms with Crippen molar-refractivity contribution in [3.05, 3.63) is 0 Å². The summed E-state index contributed by atoms with van der Waals surface area (Å²) in [4.78, 5) is 22.8. The van der Waals surface area contributed by atoms with E-state index in [-0.39, 0.29) is 5.41 Å². The number of thioether (sulfide) groups is 1. The Labute approximate surface area is 124 Å². The predicted octanol–water partition coefficient (Wildman–Crippen LogP) is 1.31. The van der Waals surface area contributed by atoms with Gasteiger partial charge in [0.15, 0.2) is 0 Å². The molecule has 2 amide bonds. The first-order valence-electron chi connectivity index (χ1n) is 6.81. The molecule has 20 heavy (non-hydrogen) atoms. The molecule has 0 aromatic rings. The summed E-state index contributed by atoms with van der Waals surface area (Å²) in [6.45, 7) is 4.08. The van der Waals surface area contributed by atoms with Crippen LogP contribution in [0.4, 0.5) is 4.79 Å². The third kappa shape index (κ3) is 6.00. The quantitative estimate of drug-likeness (QED) is 0.660. The van der Waals surface area contributed by atoms with Gasteiger partial charge in [0.25, 0.3) is 0 Å². The van der Waals surface area contributed by atoms with Gasteiger partial charge in [-0.1, -0.05) is 6.92 Å². The van der Waals surface area contributed by atoms with Crippen LogP contribution in [0.2, 0.25) is 0 Å². The van der Waals surface area contributed by atoms with Crippen LogP contribution in [0.25, 0.3) is 0 Å². The number of hydrogen-bond donors (Lipinski definition) is 3. The normalized spacial score (nSPS) is 19.1. The van der Waals surface area contributed by atoms with E-state index in [1.54, 1.807) is 11.8 Å². The Morgan fingerprint density at radius 3 is 2.60 bits per heavy atom. The van der Waals surface area contributed by atoms with Crippen LogP contribution in [0.15, 0.2) is 0 Å². The number of carboxylic acid groups (broad SMARTS) is 1. The second-order valence-corrected chi connectivity index (χ2v) is 6.41. The molecule has 0 aromatic carbocycles. The van der Waals surface area contributed by atoms with Crippen molar-refractivity contribution in [3.8, 4) is 0 Å².